The van der Waals surface area contributed by atoms with Crippen LogP contribution in [0.3, 0.4) is 0 Å². The van der Waals surface area contributed by atoms with Crippen molar-refractivity contribution in [2.45, 2.75) is 20.3 Å². The van der Waals surface area contributed by atoms with E-state index in [4.69, 9.17) is 4.74 Å². The number of hydrazone groups is 1. The number of ketones is 1. The molecule has 0 unspecified atom stereocenters. The average molecular weight is 517 g/mol. The number of hydrogen-bond donors (Lipinski definition) is 2. The van der Waals surface area contributed by atoms with E-state index in [1.165, 1.54) is 24.4 Å². The molecule has 0 spiro atoms. The number of Topliss-reactive ketones (excluding diaryl/α,β-unsaturated/α-hetero) is 1. The van der Waals surface area contributed by atoms with Crippen LogP contribution in [0.5, 0.6) is 5.75 Å². The first kappa shape index (κ1) is 26.6. The Kier molecular flexibility index (Phi) is 8.20. The number of anilines is 1. The van der Waals surface area contributed by atoms with Crippen LogP contribution in [0.25, 0.3) is 10.9 Å². The number of ether oxygens (including phenoxy) is 1. The predicted octanol–water partition coefficient (Wildman–Crippen LogP) is 3.74. The molecule has 4 rings (SSSR count). The smallest absolute Gasteiger partial charge is 0.295 e. The third-order valence-electron chi connectivity index (χ3n) is 6.37. The molecule has 1 fully saturated rings. The molecule has 0 saturated carbocycles. The standard InChI is InChI=1S/C28H32N6O4/c1-5-20(15-18(2)3)31-32-26-24-23(22(38-4)17-30-26)21(16-29-24)25(35)28(37)34-13-11-33(12-14-34)27(36)19-9-7-6-8-10-19/h5-10,16-18,29H,1,11-15H2,2-4H3,(H,30,32)/b31-20+. The molecule has 10 heteroatoms. The lowest BCUT2D eigenvalue weighted by Gasteiger charge is -2.34. The molecule has 1 aliphatic rings. The number of carbonyl (C=O) groups excluding carboxylic acids is 3. The van der Waals surface area contributed by atoms with Gasteiger partial charge in [0, 0.05) is 37.9 Å². The van der Waals surface area contributed by atoms with Crippen LogP contribution in [0.1, 0.15) is 41.0 Å². The van der Waals surface area contributed by atoms with Gasteiger partial charge in [-0.3, -0.25) is 19.8 Å². The molecule has 0 atom stereocenters. The lowest BCUT2D eigenvalue weighted by molar-refractivity contribution is -0.127. The molecule has 0 radical (unpaired) electrons. The van der Waals surface area contributed by atoms with Gasteiger partial charge in [-0.2, -0.15) is 5.10 Å². The van der Waals surface area contributed by atoms with Crippen LogP contribution in [0.2, 0.25) is 0 Å². The quantitative estimate of drug-likeness (QED) is 0.194. The number of methoxy groups -OCH3 is 1. The fourth-order valence-corrected chi connectivity index (χ4v) is 4.39. The molecule has 1 saturated heterocycles. The van der Waals surface area contributed by atoms with Crippen molar-refractivity contribution in [1.29, 1.82) is 0 Å². The van der Waals surface area contributed by atoms with Crippen molar-refractivity contribution in [3.05, 3.63) is 66.5 Å². The van der Waals surface area contributed by atoms with Gasteiger partial charge in [0.2, 0.25) is 0 Å². The molecule has 2 amide bonds. The highest BCUT2D eigenvalue weighted by atomic mass is 16.5. The summed E-state index contributed by atoms with van der Waals surface area (Å²) in [7, 11) is 1.48. The first-order valence-corrected chi connectivity index (χ1v) is 12.5. The van der Waals surface area contributed by atoms with Gasteiger partial charge in [-0.15, -0.1) is 0 Å². The van der Waals surface area contributed by atoms with Gasteiger partial charge in [-0.05, 0) is 30.5 Å². The second kappa shape index (κ2) is 11.7. The molecule has 1 aromatic carbocycles. The Morgan fingerprint density at radius 1 is 1.16 bits per heavy atom. The number of piperazine rings is 1. The highest BCUT2D eigenvalue weighted by Gasteiger charge is 2.31. The van der Waals surface area contributed by atoms with E-state index in [9.17, 15) is 14.4 Å². The Morgan fingerprint density at radius 2 is 1.84 bits per heavy atom. The number of carbonyl (C=O) groups is 3. The molecule has 38 heavy (non-hydrogen) atoms. The summed E-state index contributed by atoms with van der Waals surface area (Å²) in [6.07, 6.45) is 5.40. The molecule has 2 aromatic heterocycles. The van der Waals surface area contributed by atoms with Gasteiger partial charge >= 0.3 is 0 Å². The first-order chi connectivity index (χ1) is 18.3. The van der Waals surface area contributed by atoms with Gasteiger partial charge in [0.15, 0.2) is 5.82 Å². The minimum absolute atomic E-state index is 0.0893. The van der Waals surface area contributed by atoms with Crippen molar-refractivity contribution < 1.29 is 19.1 Å². The number of allylic oxidation sites excluding steroid dienone is 1. The van der Waals surface area contributed by atoms with Crippen LogP contribution < -0.4 is 10.2 Å². The minimum Gasteiger partial charge on any atom is -0.494 e. The summed E-state index contributed by atoms with van der Waals surface area (Å²) in [6.45, 7) is 9.22. The number of rotatable bonds is 9. The van der Waals surface area contributed by atoms with Gasteiger partial charge in [-0.1, -0.05) is 38.6 Å². The molecule has 0 aliphatic carbocycles. The molecule has 2 N–H and O–H groups in total. The number of fused-ring (bicyclic) bond motifs is 1. The van der Waals surface area contributed by atoms with E-state index in [2.05, 4.69) is 40.9 Å². The predicted molar refractivity (Wildman–Crippen MR) is 147 cm³/mol. The Bertz CT molecular complexity index is 1370. The van der Waals surface area contributed by atoms with E-state index in [1.807, 2.05) is 18.2 Å². The lowest BCUT2D eigenvalue weighted by Crippen LogP contribution is -2.52. The summed E-state index contributed by atoms with van der Waals surface area (Å²) in [4.78, 5) is 49.8. The highest BCUT2D eigenvalue weighted by molar-refractivity contribution is 6.45. The Labute approximate surface area is 221 Å². The number of aromatic amines is 1. The fourth-order valence-electron chi connectivity index (χ4n) is 4.39. The molecule has 0 bridgehead atoms. The van der Waals surface area contributed by atoms with Gasteiger partial charge in [0.25, 0.3) is 17.6 Å². The second-order valence-corrected chi connectivity index (χ2v) is 9.42. The van der Waals surface area contributed by atoms with Crippen molar-refractivity contribution in [2.75, 3.05) is 38.7 Å². The summed E-state index contributed by atoms with van der Waals surface area (Å²) in [5.74, 6) is -0.232. The minimum atomic E-state index is -0.662. The number of aromatic nitrogens is 2. The molecular weight excluding hydrogens is 484 g/mol. The number of H-pyrrole nitrogens is 1. The Hall–Kier alpha value is -4.47. The van der Waals surface area contributed by atoms with E-state index < -0.39 is 11.7 Å². The van der Waals surface area contributed by atoms with Crippen molar-refractivity contribution in [2.24, 2.45) is 11.0 Å². The van der Waals surface area contributed by atoms with E-state index in [-0.39, 0.29) is 24.6 Å². The first-order valence-electron chi connectivity index (χ1n) is 12.5. The zero-order chi connectivity index (χ0) is 27.2. The number of amides is 2. The third-order valence-corrected chi connectivity index (χ3v) is 6.37. The average Bonchev–Trinajstić information content (AvgIpc) is 3.40. The normalized spacial score (nSPS) is 14.1. The SMILES string of the molecule is C=C/C(CC(C)C)=N\Nc1ncc(OC)c2c(C(=O)C(=O)N3CCN(C(=O)c4ccccc4)CC3)c[nH]c12. The summed E-state index contributed by atoms with van der Waals surface area (Å²) >= 11 is 0. The van der Waals surface area contributed by atoms with Gasteiger partial charge < -0.3 is 19.5 Å². The molecule has 10 nitrogen and oxygen atoms in total. The molecule has 198 valence electrons. The number of pyridine rings is 1. The zero-order valence-corrected chi connectivity index (χ0v) is 21.9. The van der Waals surface area contributed by atoms with Crippen molar-refractivity contribution in [3.8, 4) is 5.75 Å². The van der Waals surface area contributed by atoms with E-state index in [0.29, 0.717) is 47.0 Å². The maximum atomic E-state index is 13.3. The maximum Gasteiger partial charge on any atom is 0.295 e. The third kappa shape index (κ3) is 5.59. The Balaban J connectivity index is 1.51. The van der Waals surface area contributed by atoms with Gasteiger partial charge in [0.05, 0.1) is 35.5 Å². The molecular formula is C28H32N6O4. The summed E-state index contributed by atoms with van der Waals surface area (Å²) < 4.78 is 5.46. The van der Waals surface area contributed by atoms with Crippen LogP contribution in [0, 0.1) is 5.92 Å². The van der Waals surface area contributed by atoms with Gasteiger partial charge in [0.1, 0.15) is 5.75 Å². The highest BCUT2D eigenvalue weighted by Crippen LogP contribution is 2.32. The van der Waals surface area contributed by atoms with Crippen LogP contribution in [0.15, 0.2) is 60.5 Å². The number of hydrogen-bond acceptors (Lipinski definition) is 7. The number of nitrogens with zero attached hydrogens (tertiary/aromatic N) is 4. The second-order valence-electron chi connectivity index (χ2n) is 9.42. The fraction of sp³-hybridized carbons (Fsp3) is 0.321. The molecule has 3 aromatic rings. The summed E-state index contributed by atoms with van der Waals surface area (Å²) in [5, 5.41) is 4.84. The summed E-state index contributed by atoms with van der Waals surface area (Å²) in [5.41, 5.74) is 5.00. The van der Waals surface area contributed by atoms with Crippen LogP contribution >= 0.6 is 0 Å². The van der Waals surface area contributed by atoms with Crippen LogP contribution in [-0.4, -0.2) is 76.4 Å². The van der Waals surface area contributed by atoms with E-state index >= 15 is 0 Å². The summed E-state index contributed by atoms with van der Waals surface area (Å²) in [6, 6.07) is 9.01. The Morgan fingerprint density at radius 3 is 2.47 bits per heavy atom. The van der Waals surface area contributed by atoms with E-state index in [1.54, 1.807) is 23.1 Å². The van der Waals surface area contributed by atoms with Gasteiger partial charge in [-0.25, -0.2) is 4.98 Å². The number of benzene rings is 1. The lowest BCUT2D eigenvalue weighted by atomic mass is 10.1. The van der Waals surface area contributed by atoms with Crippen molar-refractivity contribution in [1.82, 2.24) is 19.8 Å². The van der Waals surface area contributed by atoms with Crippen molar-refractivity contribution >= 4 is 40.0 Å². The maximum absolute atomic E-state index is 13.3. The molecule has 3 heterocycles. The van der Waals surface area contributed by atoms with E-state index in [0.717, 1.165) is 12.1 Å². The van der Waals surface area contributed by atoms with Crippen molar-refractivity contribution in [3.63, 3.8) is 0 Å². The largest absolute Gasteiger partial charge is 0.494 e. The number of nitrogens with one attached hydrogen (secondary N) is 2. The molecule has 1 aliphatic heterocycles. The zero-order valence-electron chi connectivity index (χ0n) is 21.9. The van der Waals surface area contributed by atoms with Crippen LogP contribution in [-0.2, 0) is 4.79 Å². The monoisotopic (exact) mass is 516 g/mol. The van der Waals surface area contributed by atoms with Crippen LogP contribution in [0.4, 0.5) is 5.82 Å². The topological polar surface area (TPSA) is 120 Å².